The number of fused-ring (bicyclic) bond motifs is 1. The van der Waals surface area contributed by atoms with Gasteiger partial charge in [-0.05, 0) is 83.0 Å². The molecule has 0 saturated carbocycles. The molecule has 0 N–H and O–H groups in total. The van der Waals surface area contributed by atoms with Crippen LogP contribution in [-0.2, 0) is 18.3 Å². The molecule has 130 valence electrons. The molecular formula is C25H30. The van der Waals surface area contributed by atoms with Crippen LogP contribution in [0.15, 0.2) is 43.0 Å². The quantitative estimate of drug-likeness (QED) is 0.579. The van der Waals surface area contributed by atoms with E-state index in [1.165, 1.54) is 44.5 Å². The van der Waals surface area contributed by atoms with Gasteiger partial charge in [-0.3, -0.25) is 0 Å². The lowest BCUT2D eigenvalue weighted by molar-refractivity contribution is 0.588. The monoisotopic (exact) mass is 330 g/mol. The molecule has 0 fully saturated rings. The van der Waals surface area contributed by atoms with E-state index in [0.29, 0.717) is 0 Å². The Morgan fingerprint density at radius 1 is 1.12 bits per heavy atom. The van der Waals surface area contributed by atoms with E-state index in [0.717, 1.165) is 19.3 Å². The molecule has 0 bridgehead atoms. The van der Waals surface area contributed by atoms with Crippen LogP contribution in [0.3, 0.4) is 0 Å². The van der Waals surface area contributed by atoms with Crippen molar-refractivity contribution in [2.75, 3.05) is 0 Å². The highest BCUT2D eigenvalue weighted by molar-refractivity contribution is 5.77. The lowest BCUT2D eigenvalue weighted by atomic mass is 9.82. The van der Waals surface area contributed by atoms with Crippen LogP contribution in [-0.4, -0.2) is 0 Å². The number of benzene rings is 2. The summed E-state index contributed by atoms with van der Waals surface area (Å²) in [5.74, 6) is 0. The number of hydrogen-bond donors (Lipinski definition) is 0. The molecule has 0 amide bonds. The van der Waals surface area contributed by atoms with E-state index in [1.54, 1.807) is 0 Å². The summed E-state index contributed by atoms with van der Waals surface area (Å²) in [6.07, 6.45) is 7.78. The van der Waals surface area contributed by atoms with Crippen molar-refractivity contribution in [3.63, 3.8) is 0 Å². The average molecular weight is 331 g/mol. The van der Waals surface area contributed by atoms with Crippen molar-refractivity contribution in [2.24, 2.45) is 0 Å². The van der Waals surface area contributed by atoms with Gasteiger partial charge in [-0.1, -0.05) is 69.8 Å². The zero-order chi connectivity index (χ0) is 18.2. The van der Waals surface area contributed by atoms with Crippen molar-refractivity contribution in [3.8, 4) is 0 Å². The predicted octanol–water partition coefficient (Wildman–Crippen LogP) is 6.82. The van der Waals surface area contributed by atoms with E-state index in [4.69, 9.17) is 0 Å². The van der Waals surface area contributed by atoms with Crippen LogP contribution >= 0.6 is 0 Å². The zero-order valence-corrected chi connectivity index (χ0v) is 16.4. The first-order valence-electron chi connectivity index (χ1n) is 9.34. The second-order valence-corrected chi connectivity index (χ2v) is 8.43. The Hall–Kier alpha value is -2.08. The largest absolute Gasteiger partial charge is 0.0949 e. The SMILES string of the molecule is C=C(Cc1cc(C(C)(C)C)cc(C)c1C)c1cccc2c1C=CCC2. The van der Waals surface area contributed by atoms with Gasteiger partial charge < -0.3 is 0 Å². The number of hydrogen-bond acceptors (Lipinski definition) is 0. The van der Waals surface area contributed by atoms with Crippen LogP contribution in [0.5, 0.6) is 0 Å². The molecule has 0 unspecified atom stereocenters. The summed E-state index contributed by atoms with van der Waals surface area (Å²) in [6.45, 7) is 15.8. The first kappa shape index (κ1) is 17.7. The predicted molar refractivity (Wildman–Crippen MR) is 111 cm³/mol. The van der Waals surface area contributed by atoms with Gasteiger partial charge in [0.25, 0.3) is 0 Å². The Bertz CT molecular complexity index is 841. The maximum absolute atomic E-state index is 4.46. The van der Waals surface area contributed by atoms with E-state index in [9.17, 15) is 0 Å². The molecule has 0 aromatic heterocycles. The van der Waals surface area contributed by atoms with Crippen molar-refractivity contribution >= 4 is 11.6 Å². The van der Waals surface area contributed by atoms with Crippen LogP contribution in [0.25, 0.3) is 11.6 Å². The van der Waals surface area contributed by atoms with E-state index >= 15 is 0 Å². The number of aryl methyl sites for hydroxylation is 2. The molecule has 3 rings (SSSR count). The molecule has 0 atom stereocenters. The first-order chi connectivity index (χ1) is 11.8. The van der Waals surface area contributed by atoms with Crippen LogP contribution < -0.4 is 0 Å². The van der Waals surface area contributed by atoms with Crippen molar-refractivity contribution in [3.05, 3.63) is 81.9 Å². The van der Waals surface area contributed by atoms with Gasteiger partial charge in [0, 0.05) is 0 Å². The van der Waals surface area contributed by atoms with Gasteiger partial charge in [0.2, 0.25) is 0 Å². The van der Waals surface area contributed by atoms with Gasteiger partial charge >= 0.3 is 0 Å². The fourth-order valence-corrected chi connectivity index (χ4v) is 3.65. The molecule has 0 heterocycles. The zero-order valence-electron chi connectivity index (χ0n) is 16.4. The van der Waals surface area contributed by atoms with Gasteiger partial charge in [-0.25, -0.2) is 0 Å². The lowest BCUT2D eigenvalue weighted by Gasteiger charge is -2.23. The van der Waals surface area contributed by atoms with Crippen molar-refractivity contribution in [1.29, 1.82) is 0 Å². The Morgan fingerprint density at radius 3 is 2.60 bits per heavy atom. The summed E-state index contributed by atoms with van der Waals surface area (Å²) < 4.78 is 0. The van der Waals surface area contributed by atoms with Gasteiger partial charge in [0.15, 0.2) is 0 Å². The number of rotatable bonds is 3. The van der Waals surface area contributed by atoms with E-state index in [-0.39, 0.29) is 5.41 Å². The second kappa shape index (κ2) is 6.67. The Labute approximate surface area is 153 Å². The molecular weight excluding hydrogens is 300 g/mol. The minimum Gasteiger partial charge on any atom is -0.0949 e. The summed E-state index contributed by atoms with van der Waals surface area (Å²) in [7, 11) is 0. The third-order valence-electron chi connectivity index (χ3n) is 5.49. The fraction of sp³-hybridized carbons (Fsp3) is 0.360. The highest BCUT2D eigenvalue weighted by atomic mass is 14.2. The standard InChI is InChI=1S/C25H30/c1-17-15-22(25(4,5)6)16-21(19(17)3)14-18(2)23-13-9-11-20-10-7-8-12-24(20)23/h8-9,11-13,15-16H,2,7,10,14H2,1,3-6H3. The average Bonchev–Trinajstić information content (AvgIpc) is 2.57. The Balaban J connectivity index is 1.98. The van der Waals surface area contributed by atoms with Gasteiger partial charge in [-0.2, -0.15) is 0 Å². The highest BCUT2D eigenvalue weighted by Gasteiger charge is 2.18. The maximum atomic E-state index is 4.46. The van der Waals surface area contributed by atoms with Crippen LogP contribution in [0.4, 0.5) is 0 Å². The van der Waals surface area contributed by atoms with Crippen LogP contribution in [0.2, 0.25) is 0 Å². The molecule has 0 saturated heterocycles. The molecule has 0 spiro atoms. The fourth-order valence-electron chi connectivity index (χ4n) is 3.65. The molecule has 2 aromatic carbocycles. The normalized spacial score (nSPS) is 13.6. The summed E-state index contributed by atoms with van der Waals surface area (Å²) in [4.78, 5) is 0. The molecule has 0 aliphatic heterocycles. The molecule has 1 aliphatic rings. The summed E-state index contributed by atoms with van der Waals surface area (Å²) in [6, 6.07) is 11.4. The molecule has 0 radical (unpaired) electrons. The van der Waals surface area contributed by atoms with Crippen molar-refractivity contribution < 1.29 is 0 Å². The van der Waals surface area contributed by atoms with Crippen molar-refractivity contribution in [1.82, 2.24) is 0 Å². The topological polar surface area (TPSA) is 0 Å². The van der Waals surface area contributed by atoms with E-state index in [1.807, 2.05) is 0 Å². The van der Waals surface area contributed by atoms with Gasteiger partial charge in [-0.15, -0.1) is 0 Å². The lowest BCUT2D eigenvalue weighted by Crippen LogP contribution is -2.13. The first-order valence-corrected chi connectivity index (χ1v) is 9.34. The van der Waals surface area contributed by atoms with Gasteiger partial charge in [0.05, 0.1) is 0 Å². The molecule has 0 nitrogen and oxygen atoms in total. The van der Waals surface area contributed by atoms with Crippen LogP contribution in [0.1, 0.15) is 66.1 Å². The third-order valence-corrected chi connectivity index (χ3v) is 5.49. The third kappa shape index (κ3) is 3.63. The summed E-state index contributed by atoms with van der Waals surface area (Å²) >= 11 is 0. The van der Waals surface area contributed by atoms with Crippen LogP contribution in [0, 0.1) is 13.8 Å². The molecule has 25 heavy (non-hydrogen) atoms. The van der Waals surface area contributed by atoms with Gasteiger partial charge in [0.1, 0.15) is 0 Å². The van der Waals surface area contributed by atoms with Crippen molar-refractivity contribution in [2.45, 2.75) is 59.3 Å². The minimum absolute atomic E-state index is 0.170. The minimum atomic E-state index is 0.170. The smallest absolute Gasteiger partial charge is 0.00227 e. The van der Waals surface area contributed by atoms with E-state index < -0.39 is 0 Å². The summed E-state index contributed by atoms with van der Waals surface area (Å²) in [5, 5.41) is 0. The Kier molecular flexibility index (Phi) is 4.73. The Morgan fingerprint density at radius 2 is 1.88 bits per heavy atom. The highest BCUT2D eigenvalue weighted by Crippen LogP contribution is 2.32. The number of allylic oxidation sites excluding steroid dienone is 2. The van der Waals surface area contributed by atoms with E-state index in [2.05, 4.69) is 83.7 Å². The second-order valence-electron chi connectivity index (χ2n) is 8.43. The molecule has 2 aromatic rings. The molecule has 1 aliphatic carbocycles. The summed E-state index contributed by atoms with van der Waals surface area (Å²) in [5.41, 5.74) is 11.1. The maximum Gasteiger partial charge on any atom is -0.00227 e. The molecule has 0 heteroatoms.